The third kappa shape index (κ3) is 14.6. The molecular weight excluding hydrogens is 662 g/mol. The van der Waals surface area contributed by atoms with E-state index in [0.29, 0.717) is 5.56 Å². The van der Waals surface area contributed by atoms with E-state index < -0.39 is 18.3 Å². The monoisotopic (exact) mass is 703 g/mol. The van der Waals surface area contributed by atoms with Crippen LogP contribution in [-0.2, 0) is 45.5 Å². The zero-order valence-corrected chi connectivity index (χ0v) is 27.9. The lowest BCUT2D eigenvalue weighted by molar-refractivity contribution is -0.253. The summed E-state index contributed by atoms with van der Waals surface area (Å²) in [5.41, 5.74) is 3.01. The van der Waals surface area contributed by atoms with E-state index in [2.05, 4.69) is 20.8 Å². The summed E-state index contributed by atoms with van der Waals surface area (Å²) in [6.45, 7) is 0.425. The van der Waals surface area contributed by atoms with Crippen molar-refractivity contribution in [2.75, 3.05) is 39.5 Å². The van der Waals surface area contributed by atoms with E-state index in [0.717, 1.165) is 16.7 Å². The number of carbonyl (C=O) groups excluding carboxylic acids is 3. The molecule has 0 heterocycles. The third-order valence-electron chi connectivity index (χ3n) is 6.83. The topological polar surface area (TPSA) is 172 Å². The van der Waals surface area contributed by atoms with Crippen LogP contribution in [0.5, 0.6) is 17.2 Å². The highest BCUT2D eigenvalue weighted by molar-refractivity contribution is 5.68. The number of amides is 3. The van der Waals surface area contributed by atoms with Gasteiger partial charge in [0.25, 0.3) is 0 Å². The lowest BCUT2D eigenvalue weighted by atomic mass is 10.2. The molecule has 14 heteroatoms. The van der Waals surface area contributed by atoms with Crippen LogP contribution in [0.1, 0.15) is 22.3 Å². The van der Waals surface area contributed by atoms with Crippen LogP contribution in [0.15, 0.2) is 103 Å². The predicted molar refractivity (Wildman–Crippen MR) is 184 cm³/mol. The van der Waals surface area contributed by atoms with Crippen molar-refractivity contribution in [1.82, 2.24) is 16.0 Å². The Labute approximate surface area is 295 Å². The SMILES string of the molecule is O=C(NCCOc1cc(COO)cc(OCCNC(=O)OCc2ccccc2)c1OCCNC(=O)OCc1ccccc1)OCc1ccccc1. The van der Waals surface area contributed by atoms with Crippen LogP contribution in [0.3, 0.4) is 0 Å². The number of ether oxygens (including phenoxy) is 6. The number of carbonyl (C=O) groups is 3. The minimum Gasteiger partial charge on any atom is -0.488 e. The molecule has 0 atom stereocenters. The molecule has 0 saturated carbocycles. The van der Waals surface area contributed by atoms with Gasteiger partial charge in [0.1, 0.15) is 46.2 Å². The minimum absolute atomic E-state index is 0.00285. The van der Waals surface area contributed by atoms with Crippen molar-refractivity contribution in [2.45, 2.75) is 26.4 Å². The maximum absolute atomic E-state index is 12.2. The van der Waals surface area contributed by atoms with Gasteiger partial charge >= 0.3 is 18.3 Å². The Morgan fingerprint density at radius 3 is 1.18 bits per heavy atom. The number of alkyl carbamates (subject to hydrolysis) is 3. The Bertz CT molecular complexity index is 1540. The Kier molecular flexibility index (Phi) is 16.2. The highest BCUT2D eigenvalue weighted by atomic mass is 17.1. The van der Waals surface area contributed by atoms with Crippen molar-refractivity contribution in [2.24, 2.45) is 0 Å². The van der Waals surface area contributed by atoms with Crippen molar-refractivity contribution < 1.29 is 52.9 Å². The quantitative estimate of drug-likeness (QED) is 0.0391. The van der Waals surface area contributed by atoms with Gasteiger partial charge in [0.2, 0.25) is 5.75 Å². The van der Waals surface area contributed by atoms with Gasteiger partial charge in [0.05, 0.1) is 19.6 Å². The first-order valence-electron chi connectivity index (χ1n) is 16.2. The molecule has 0 unspecified atom stereocenters. The van der Waals surface area contributed by atoms with Gasteiger partial charge < -0.3 is 44.4 Å². The molecule has 0 radical (unpaired) electrons. The second-order valence-electron chi connectivity index (χ2n) is 10.7. The van der Waals surface area contributed by atoms with Crippen LogP contribution in [-0.4, -0.2) is 63.0 Å². The summed E-state index contributed by atoms with van der Waals surface area (Å²) in [7, 11) is 0. The highest BCUT2D eigenvalue weighted by Crippen LogP contribution is 2.39. The van der Waals surface area contributed by atoms with Crippen LogP contribution in [0.25, 0.3) is 0 Å². The molecule has 14 nitrogen and oxygen atoms in total. The largest absolute Gasteiger partial charge is 0.488 e. The molecular formula is C37H41N3O11. The highest BCUT2D eigenvalue weighted by Gasteiger charge is 2.17. The zero-order chi connectivity index (χ0) is 35.9. The van der Waals surface area contributed by atoms with Crippen molar-refractivity contribution in [3.05, 3.63) is 125 Å². The molecule has 0 aliphatic carbocycles. The van der Waals surface area contributed by atoms with E-state index in [9.17, 15) is 14.4 Å². The van der Waals surface area contributed by atoms with Crippen LogP contribution in [0, 0.1) is 0 Å². The summed E-state index contributed by atoms with van der Waals surface area (Å²) >= 11 is 0. The third-order valence-corrected chi connectivity index (χ3v) is 6.83. The molecule has 4 N–H and O–H groups in total. The molecule has 4 rings (SSSR count). The molecule has 0 aliphatic heterocycles. The van der Waals surface area contributed by atoms with Crippen molar-refractivity contribution in [3.8, 4) is 17.2 Å². The Morgan fingerprint density at radius 2 is 0.824 bits per heavy atom. The van der Waals surface area contributed by atoms with E-state index in [-0.39, 0.29) is 83.1 Å². The molecule has 0 bridgehead atoms. The van der Waals surface area contributed by atoms with Gasteiger partial charge in [-0.25, -0.2) is 19.3 Å². The molecule has 51 heavy (non-hydrogen) atoms. The Hall–Kier alpha value is -5.99. The lowest BCUT2D eigenvalue weighted by Crippen LogP contribution is -2.29. The summed E-state index contributed by atoms with van der Waals surface area (Å²) in [6.07, 6.45) is -1.86. The zero-order valence-electron chi connectivity index (χ0n) is 27.9. The number of rotatable bonds is 20. The summed E-state index contributed by atoms with van der Waals surface area (Å²) in [5, 5.41) is 17.0. The van der Waals surface area contributed by atoms with Crippen LogP contribution in [0.2, 0.25) is 0 Å². The van der Waals surface area contributed by atoms with E-state index in [1.807, 2.05) is 91.0 Å². The number of benzene rings is 4. The Morgan fingerprint density at radius 1 is 0.471 bits per heavy atom. The molecule has 0 aromatic heterocycles. The lowest BCUT2D eigenvalue weighted by Gasteiger charge is -2.19. The van der Waals surface area contributed by atoms with Crippen LogP contribution in [0.4, 0.5) is 14.4 Å². The average Bonchev–Trinajstić information content (AvgIpc) is 3.16. The fourth-order valence-electron chi connectivity index (χ4n) is 4.40. The van der Waals surface area contributed by atoms with Gasteiger partial charge in [-0.2, -0.15) is 0 Å². The smallest absolute Gasteiger partial charge is 0.407 e. The van der Waals surface area contributed by atoms with Gasteiger partial charge in [0.15, 0.2) is 11.5 Å². The summed E-state index contributed by atoms with van der Waals surface area (Å²) < 4.78 is 33.6. The average molecular weight is 704 g/mol. The fourth-order valence-corrected chi connectivity index (χ4v) is 4.40. The van der Waals surface area contributed by atoms with E-state index in [4.69, 9.17) is 33.7 Å². The Balaban J connectivity index is 1.33. The second-order valence-corrected chi connectivity index (χ2v) is 10.7. The van der Waals surface area contributed by atoms with Gasteiger partial charge in [-0.3, -0.25) is 5.26 Å². The number of hydrogen-bond donors (Lipinski definition) is 4. The van der Waals surface area contributed by atoms with Crippen LogP contribution >= 0.6 is 0 Å². The molecule has 0 spiro atoms. The molecule has 0 saturated heterocycles. The first-order chi connectivity index (χ1) is 25.0. The van der Waals surface area contributed by atoms with Gasteiger partial charge in [-0.1, -0.05) is 91.0 Å². The van der Waals surface area contributed by atoms with Crippen LogP contribution < -0.4 is 30.2 Å². The fraction of sp³-hybridized carbons (Fsp3) is 0.270. The summed E-state index contributed by atoms with van der Waals surface area (Å²) in [4.78, 5) is 40.9. The van der Waals surface area contributed by atoms with Crippen molar-refractivity contribution in [3.63, 3.8) is 0 Å². The molecule has 0 fully saturated rings. The van der Waals surface area contributed by atoms with Gasteiger partial charge in [0, 0.05) is 0 Å². The maximum Gasteiger partial charge on any atom is 0.407 e. The van der Waals surface area contributed by atoms with Gasteiger partial charge in [-0.15, -0.1) is 0 Å². The second kappa shape index (κ2) is 21.9. The van der Waals surface area contributed by atoms with E-state index in [1.165, 1.54) is 0 Å². The van der Waals surface area contributed by atoms with Gasteiger partial charge in [-0.05, 0) is 34.4 Å². The normalized spacial score (nSPS) is 10.4. The molecule has 3 amide bonds. The summed E-state index contributed by atoms with van der Waals surface area (Å²) in [6, 6.07) is 30.9. The first-order valence-corrected chi connectivity index (χ1v) is 16.2. The maximum atomic E-state index is 12.2. The van der Waals surface area contributed by atoms with E-state index in [1.54, 1.807) is 12.1 Å². The first kappa shape index (κ1) is 37.8. The minimum atomic E-state index is -0.624. The van der Waals surface area contributed by atoms with Crippen molar-refractivity contribution in [1.29, 1.82) is 0 Å². The summed E-state index contributed by atoms with van der Waals surface area (Å²) in [5.74, 6) is 0.594. The molecule has 4 aromatic carbocycles. The predicted octanol–water partition coefficient (Wildman–Crippen LogP) is 5.59. The number of hydrogen-bond acceptors (Lipinski definition) is 11. The molecule has 4 aromatic rings. The van der Waals surface area contributed by atoms with E-state index >= 15 is 0 Å². The number of nitrogens with one attached hydrogen (secondary N) is 3. The standard InChI is InChI=1S/C37H41N3O11/c41-35(48-24-28-10-4-1-5-11-28)38-16-19-45-32-22-31(27-51-44)23-33(46-20-17-39-36(42)49-25-29-12-6-2-7-13-29)34(32)47-21-18-40-37(43)50-26-30-14-8-3-9-15-30/h1-15,22-23,44H,16-21,24-27H2,(H,38,41)(H,39,42)(H,40,43). The molecule has 270 valence electrons. The molecule has 0 aliphatic rings. The van der Waals surface area contributed by atoms with Crippen molar-refractivity contribution >= 4 is 18.3 Å².